The second-order valence-electron chi connectivity index (χ2n) is 8.65. The van der Waals surface area contributed by atoms with Gasteiger partial charge in [0.1, 0.15) is 5.78 Å². The SMILES string of the molecule is CCCCCC(=O)CC[C@]12[C@@H](CCCCCCC(=O)OC)[C@@H](O)C[C@H]1C2(F)F. The molecule has 0 saturated heterocycles. The maximum atomic E-state index is 14.6. The zero-order valence-corrected chi connectivity index (χ0v) is 17.4. The van der Waals surface area contributed by atoms with Gasteiger partial charge in [0.2, 0.25) is 0 Å². The fraction of sp³-hybridized carbons (Fsp3) is 0.909. The van der Waals surface area contributed by atoms with Crippen LogP contribution in [0, 0.1) is 17.3 Å². The molecule has 6 heteroatoms. The summed E-state index contributed by atoms with van der Waals surface area (Å²) in [7, 11) is 1.37. The van der Waals surface area contributed by atoms with Gasteiger partial charge in [-0.05, 0) is 38.0 Å². The molecule has 2 aliphatic carbocycles. The molecular weight excluding hydrogens is 366 g/mol. The predicted octanol–water partition coefficient (Wildman–Crippen LogP) is 5.06. The van der Waals surface area contributed by atoms with Crippen molar-refractivity contribution in [2.24, 2.45) is 17.3 Å². The van der Waals surface area contributed by atoms with Crippen LogP contribution in [0.1, 0.15) is 90.4 Å². The molecule has 1 N–H and O–H groups in total. The van der Waals surface area contributed by atoms with Crippen LogP contribution in [0.3, 0.4) is 0 Å². The van der Waals surface area contributed by atoms with E-state index in [0.29, 0.717) is 19.3 Å². The maximum absolute atomic E-state index is 14.6. The summed E-state index contributed by atoms with van der Waals surface area (Å²) < 4.78 is 33.7. The predicted molar refractivity (Wildman–Crippen MR) is 103 cm³/mol. The smallest absolute Gasteiger partial charge is 0.305 e. The third-order valence-corrected chi connectivity index (χ3v) is 6.95. The molecule has 4 nitrogen and oxygen atoms in total. The molecule has 0 aromatic heterocycles. The molecule has 0 aromatic carbocycles. The molecule has 162 valence electrons. The molecule has 2 saturated carbocycles. The fourth-order valence-electron chi connectivity index (χ4n) is 5.28. The van der Waals surface area contributed by atoms with Crippen molar-refractivity contribution in [1.29, 1.82) is 0 Å². The summed E-state index contributed by atoms with van der Waals surface area (Å²) in [5.74, 6) is -4.08. The van der Waals surface area contributed by atoms with E-state index in [1.54, 1.807) is 0 Å². The zero-order chi connectivity index (χ0) is 20.8. The van der Waals surface area contributed by atoms with Gasteiger partial charge in [0.25, 0.3) is 5.92 Å². The van der Waals surface area contributed by atoms with Crippen LogP contribution in [0.5, 0.6) is 0 Å². The monoisotopic (exact) mass is 402 g/mol. The normalized spacial score (nSPS) is 30.1. The molecule has 0 amide bonds. The Morgan fingerprint density at radius 1 is 1.04 bits per heavy atom. The number of ketones is 1. The zero-order valence-electron chi connectivity index (χ0n) is 17.4. The molecule has 0 unspecified atom stereocenters. The van der Waals surface area contributed by atoms with Crippen LogP contribution < -0.4 is 0 Å². The number of aliphatic hydroxyl groups is 1. The van der Waals surface area contributed by atoms with Crippen molar-refractivity contribution in [2.45, 2.75) is 102 Å². The lowest BCUT2D eigenvalue weighted by molar-refractivity contribution is -0.140. The summed E-state index contributed by atoms with van der Waals surface area (Å²) in [6.07, 6.45) is 7.36. The van der Waals surface area contributed by atoms with Gasteiger partial charge in [-0.1, -0.05) is 39.0 Å². The van der Waals surface area contributed by atoms with E-state index in [4.69, 9.17) is 0 Å². The van der Waals surface area contributed by atoms with Crippen molar-refractivity contribution in [2.75, 3.05) is 7.11 Å². The first-order valence-corrected chi connectivity index (χ1v) is 11.0. The molecule has 2 fully saturated rings. The summed E-state index contributed by atoms with van der Waals surface area (Å²) >= 11 is 0. The molecule has 0 heterocycles. The van der Waals surface area contributed by atoms with Crippen LogP contribution in [0.4, 0.5) is 8.78 Å². The van der Waals surface area contributed by atoms with E-state index in [1.807, 2.05) is 0 Å². The van der Waals surface area contributed by atoms with Crippen molar-refractivity contribution >= 4 is 11.8 Å². The van der Waals surface area contributed by atoms with Gasteiger partial charge in [0.05, 0.1) is 13.2 Å². The lowest BCUT2D eigenvalue weighted by Crippen LogP contribution is -2.31. The molecule has 2 aliphatic rings. The second kappa shape index (κ2) is 10.1. The molecule has 0 radical (unpaired) electrons. The second-order valence-corrected chi connectivity index (χ2v) is 8.65. The molecular formula is C22H36F2O4. The third-order valence-electron chi connectivity index (χ3n) is 6.95. The molecule has 0 aliphatic heterocycles. The highest BCUT2D eigenvalue weighted by Crippen LogP contribution is 2.78. The van der Waals surface area contributed by atoms with Crippen LogP contribution in [0.25, 0.3) is 0 Å². The number of esters is 1. The quantitative estimate of drug-likeness (QED) is 0.326. The Morgan fingerprint density at radius 2 is 1.71 bits per heavy atom. The number of hydrogen-bond donors (Lipinski definition) is 1. The Kier molecular flexibility index (Phi) is 8.41. The van der Waals surface area contributed by atoms with Crippen LogP contribution in [-0.2, 0) is 14.3 Å². The molecule has 4 atom stereocenters. The maximum Gasteiger partial charge on any atom is 0.305 e. The van der Waals surface area contributed by atoms with Gasteiger partial charge in [-0.15, -0.1) is 0 Å². The minimum atomic E-state index is -2.74. The van der Waals surface area contributed by atoms with Crippen molar-refractivity contribution in [3.8, 4) is 0 Å². The number of aliphatic hydroxyl groups excluding tert-OH is 1. The topological polar surface area (TPSA) is 63.6 Å². The highest BCUT2D eigenvalue weighted by molar-refractivity contribution is 5.78. The van der Waals surface area contributed by atoms with Crippen molar-refractivity contribution in [3.05, 3.63) is 0 Å². The Hall–Kier alpha value is -1.04. The number of ether oxygens (including phenoxy) is 1. The van der Waals surface area contributed by atoms with E-state index < -0.39 is 29.3 Å². The van der Waals surface area contributed by atoms with Crippen molar-refractivity contribution in [3.63, 3.8) is 0 Å². The Morgan fingerprint density at radius 3 is 2.39 bits per heavy atom. The van der Waals surface area contributed by atoms with Crippen LogP contribution >= 0.6 is 0 Å². The summed E-state index contributed by atoms with van der Waals surface area (Å²) in [5.41, 5.74) is -1.17. The number of methoxy groups -OCH3 is 1. The highest BCUT2D eigenvalue weighted by Gasteiger charge is 2.85. The number of Topliss-reactive ketones (excluding diaryl/α,β-unsaturated/α-hetero) is 1. The van der Waals surface area contributed by atoms with Crippen molar-refractivity contribution in [1.82, 2.24) is 0 Å². The Labute approximate surface area is 167 Å². The van der Waals surface area contributed by atoms with E-state index in [1.165, 1.54) is 7.11 Å². The largest absolute Gasteiger partial charge is 0.469 e. The minimum Gasteiger partial charge on any atom is -0.469 e. The van der Waals surface area contributed by atoms with E-state index in [2.05, 4.69) is 11.7 Å². The van der Waals surface area contributed by atoms with Gasteiger partial charge in [0, 0.05) is 30.6 Å². The number of hydrogen-bond acceptors (Lipinski definition) is 4. The molecule has 0 spiro atoms. The van der Waals surface area contributed by atoms with Gasteiger partial charge in [-0.25, -0.2) is 8.78 Å². The van der Waals surface area contributed by atoms with Gasteiger partial charge in [0.15, 0.2) is 0 Å². The lowest BCUT2D eigenvalue weighted by Gasteiger charge is -2.28. The van der Waals surface area contributed by atoms with E-state index in [0.717, 1.165) is 44.9 Å². The molecule has 0 bridgehead atoms. The standard InChI is InChI=1S/C22H36F2O4/c1-3-4-7-10-16(25)13-14-21-17(18(26)15-19(21)22(21,23)24)11-8-5-6-9-12-20(27)28-2/h17-19,26H,3-15H2,1-2H3/t17-,18-,19+,21-/m0/s1. The Bertz CT molecular complexity index is 537. The number of unbranched alkanes of at least 4 members (excludes halogenated alkanes) is 5. The van der Waals surface area contributed by atoms with Gasteiger partial charge in [-0.2, -0.15) is 0 Å². The van der Waals surface area contributed by atoms with Gasteiger partial charge >= 0.3 is 5.97 Å². The average molecular weight is 403 g/mol. The van der Waals surface area contributed by atoms with Crippen molar-refractivity contribution < 1.29 is 28.2 Å². The number of carbonyl (C=O) groups excluding carboxylic acids is 2. The Balaban J connectivity index is 1.81. The molecule has 28 heavy (non-hydrogen) atoms. The first-order valence-electron chi connectivity index (χ1n) is 11.0. The van der Waals surface area contributed by atoms with Gasteiger partial charge in [-0.3, -0.25) is 9.59 Å². The van der Waals surface area contributed by atoms with E-state index in [-0.39, 0.29) is 31.0 Å². The van der Waals surface area contributed by atoms with E-state index >= 15 is 0 Å². The van der Waals surface area contributed by atoms with Crippen LogP contribution in [0.15, 0.2) is 0 Å². The fourth-order valence-corrected chi connectivity index (χ4v) is 5.28. The first-order chi connectivity index (χ1) is 13.3. The summed E-state index contributed by atoms with van der Waals surface area (Å²) in [4.78, 5) is 23.2. The highest BCUT2D eigenvalue weighted by atomic mass is 19.3. The number of halogens is 2. The first kappa shape index (κ1) is 23.2. The van der Waals surface area contributed by atoms with Crippen LogP contribution in [0.2, 0.25) is 0 Å². The van der Waals surface area contributed by atoms with Gasteiger partial charge < -0.3 is 9.84 Å². The average Bonchev–Trinajstić information content (AvgIpc) is 2.95. The lowest BCUT2D eigenvalue weighted by atomic mass is 9.80. The minimum absolute atomic E-state index is 0.0761. The molecule has 2 rings (SSSR count). The number of carbonyl (C=O) groups is 2. The van der Waals surface area contributed by atoms with E-state index in [9.17, 15) is 23.5 Å². The van der Waals surface area contributed by atoms with Crippen LogP contribution in [-0.4, -0.2) is 36.0 Å². The number of fused-ring (bicyclic) bond motifs is 1. The summed E-state index contributed by atoms with van der Waals surface area (Å²) in [6, 6.07) is 0. The molecule has 0 aromatic rings. The number of rotatable bonds is 14. The third kappa shape index (κ3) is 4.92. The number of alkyl halides is 2. The summed E-state index contributed by atoms with van der Waals surface area (Å²) in [6.45, 7) is 2.07. The summed E-state index contributed by atoms with van der Waals surface area (Å²) in [5, 5.41) is 10.4.